The summed E-state index contributed by atoms with van der Waals surface area (Å²) in [5.74, 6) is 3.23. The quantitative estimate of drug-likeness (QED) is 0.256. The van der Waals surface area contributed by atoms with Crippen LogP contribution >= 0.6 is 0 Å². The minimum absolute atomic E-state index is 0. The molecule has 0 nitrogen and oxygen atoms in total. The Bertz CT molecular complexity index is 1480. The van der Waals surface area contributed by atoms with Crippen molar-refractivity contribution in [2.75, 3.05) is 0 Å². The molecule has 9 rings (SSSR count). The van der Waals surface area contributed by atoms with Crippen LogP contribution in [-0.2, 0) is 47.9 Å². The number of hydrogen-bond donors (Lipinski definition) is 0. The van der Waals surface area contributed by atoms with E-state index in [0.717, 1.165) is 37.0 Å². The molecule has 0 unspecified atom stereocenters. The molecule has 4 saturated carbocycles. The molecule has 3 heteroatoms. The first-order chi connectivity index (χ1) is 21.4. The Kier molecular flexibility index (Phi) is 12.7. The molecule has 0 atom stereocenters. The third-order valence-corrected chi connectivity index (χ3v) is 11.6. The third kappa shape index (κ3) is 8.80. The van der Waals surface area contributed by atoms with E-state index in [1.54, 1.807) is 24.8 Å². The molecule has 3 aromatic carbocycles. The van der Waals surface area contributed by atoms with Gasteiger partial charge in [0.1, 0.15) is 0 Å². The van der Waals surface area contributed by atoms with Crippen molar-refractivity contribution in [2.45, 2.75) is 110 Å². The monoisotopic (exact) mass is 740 g/mol. The molecule has 0 radical (unpaired) electrons. The van der Waals surface area contributed by atoms with Crippen molar-refractivity contribution >= 4 is 3.71 Å². The Labute approximate surface area is 313 Å². The van der Waals surface area contributed by atoms with E-state index < -0.39 is 0 Å². The van der Waals surface area contributed by atoms with Gasteiger partial charge in [0.15, 0.2) is 0 Å². The van der Waals surface area contributed by atoms with Crippen LogP contribution in [-0.4, -0.2) is 3.71 Å². The molecule has 0 N–H and O–H groups in total. The van der Waals surface area contributed by atoms with Crippen molar-refractivity contribution < 1.29 is 49.0 Å². The van der Waals surface area contributed by atoms with Crippen molar-refractivity contribution in [3.63, 3.8) is 0 Å². The van der Waals surface area contributed by atoms with E-state index in [9.17, 15) is 0 Å². The van der Waals surface area contributed by atoms with Crippen LogP contribution in [0.15, 0.2) is 78.4 Å². The Morgan fingerprint density at radius 3 is 1.91 bits per heavy atom. The molecule has 0 aliphatic heterocycles. The number of halogens is 2. The molecule has 0 saturated heterocycles. The SMILES string of the molecule is CC(C)(C)c1c[c-]c2c(c1)-c1cc(C(C)(C)C)ccc1C2.[C-]1=CC(C23CC4CC(CC(C4)C2)C3)=CC1.[Cl-].[Cl-].[Zr+2]=[CH]Cc1ccccc1. The topological polar surface area (TPSA) is 0 Å². The summed E-state index contributed by atoms with van der Waals surface area (Å²) in [6.07, 6.45) is 20.6. The fourth-order valence-corrected chi connectivity index (χ4v) is 9.53. The molecular weight excluding hydrogens is 691 g/mol. The number of hydrogen-bond acceptors (Lipinski definition) is 0. The van der Waals surface area contributed by atoms with Gasteiger partial charge in [-0.3, -0.25) is 6.08 Å². The predicted octanol–water partition coefficient (Wildman–Crippen LogP) is 5.13. The van der Waals surface area contributed by atoms with Gasteiger partial charge in [-0.1, -0.05) is 101 Å². The van der Waals surface area contributed by atoms with Crippen LogP contribution in [0.5, 0.6) is 0 Å². The van der Waals surface area contributed by atoms with Crippen LogP contribution in [0.2, 0.25) is 0 Å². The molecule has 4 fully saturated rings. The maximum atomic E-state index is 3.53. The zero-order valence-corrected chi connectivity index (χ0v) is 33.3. The summed E-state index contributed by atoms with van der Waals surface area (Å²) in [7, 11) is 0. The van der Waals surface area contributed by atoms with Crippen molar-refractivity contribution in [1.29, 1.82) is 0 Å². The van der Waals surface area contributed by atoms with Crippen LogP contribution in [0, 0.1) is 35.3 Å². The average molecular weight is 743 g/mol. The van der Waals surface area contributed by atoms with E-state index in [4.69, 9.17) is 0 Å². The Balaban J connectivity index is 0.000000168. The van der Waals surface area contributed by atoms with Gasteiger partial charge in [-0.2, -0.15) is 41.0 Å². The van der Waals surface area contributed by atoms with E-state index in [2.05, 4.69) is 124 Å². The van der Waals surface area contributed by atoms with E-state index >= 15 is 0 Å². The van der Waals surface area contributed by atoms with Crippen molar-refractivity contribution in [3.8, 4) is 11.1 Å². The standard InChI is InChI=1S/C21H25.C15H19.C8H8.2ClH.Zr/c1-20(2,3)16-9-7-14-11-15-8-10-17(21(4,5)6)13-19(15)18(14)12-16;1-2-4-14(3-1)15-8-11-5-12(9-15)7-13(6-11)10-15;1-2-8-6-4-3-5-7-8;;;/h7,9-10,12-13H,11H2,1-6H3;3-4,11-13H,1,5-10H2;1,3-7H,2H2;2*1H;/q2*-1;;;;+2/p-2. The van der Waals surface area contributed by atoms with Crippen molar-refractivity contribution in [3.05, 3.63) is 118 Å². The fraction of sp³-hybridized carbons (Fsp3) is 0.477. The van der Waals surface area contributed by atoms with Crippen LogP contribution in [0.25, 0.3) is 11.1 Å². The molecular formula is C44H52Cl2Zr-2. The van der Waals surface area contributed by atoms with Gasteiger partial charge in [-0.15, -0.1) is 12.0 Å². The van der Waals surface area contributed by atoms with E-state index in [-0.39, 0.29) is 35.6 Å². The van der Waals surface area contributed by atoms with Crippen molar-refractivity contribution in [2.24, 2.45) is 23.2 Å². The van der Waals surface area contributed by atoms with E-state index in [1.165, 1.54) is 82.4 Å². The van der Waals surface area contributed by atoms with E-state index in [1.807, 2.05) is 6.07 Å². The zero-order valence-electron chi connectivity index (χ0n) is 29.4. The molecule has 4 bridgehead atoms. The van der Waals surface area contributed by atoms with Gasteiger partial charge in [0.05, 0.1) is 0 Å². The van der Waals surface area contributed by atoms with Gasteiger partial charge in [-0.25, -0.2) is 6.08 Å². The first-order valence-corrected chi connectivity index (χ1v) is 18.8. The van der Waals surface area contributed by atoms with Gasteiger partial charge in [-0.05, 0) is 54.4 Å². The second kappa shape index (κ2) is 15.6. The third-order valence-electron chi connectivity index (χ3n) is 11.1. The minimum atomic E-state index is 0. The van der Waals surface area contributed by atoms with Crippen molar-refractivity contribution in [1.82, 2.24) is 0 Å². The van der Waals surface area contributed by atoms with Gasteiger partial charge >= 0.3 is 70.3 Å². The number of allylic oxidation sites excluding steroid dienone is 4. The molecule has 0 spiro atoms. The summed E-state index contributed by atoms with van der Waals surface area (Å²) >= 11 is 1.51. The van der Waals surface area contributed by atoms with Gasteiger partial charge < -0.3 is 24.8 Å². The number of benzene rings is 3. The molecule has 0 heterocycles. The Morgan fingerprint density at radius 1 is 0.787 bits per heavy atom. The summed E-state index contributed by atoms with van der Waals surface area (Å²) < 4.78 is 2.25. The second-order valence-corrected chi connectivity index (χ2v) is 17.6. The number of rotatable bonds is 3. The van der Waals surface area contributed by atoms with Gasteiger partial charge in [0.2, 0.25) is 0 Å². The predicted molar refractivity (Wildman–Crippen MR) is 188 cm³/mol. The summed E-state index contributed by atoms with van der Waals surface area (Å²) in [4.78, 5) is 0. The maximum absolute atomic E-state index is 3.53. The summed E-state index contributed by atoms with van der Waals surface area (Å²) in [5, 5.41) is 0. The molecule has 6 aliphatic carbocycles. The summed E-state index contributed by atoms with van der Waals surface area (Å²) in [5.41, 5.74) is 12.5. The van der Waals surface area contributed by atoms with Gasteiger partial charge in [0, 0.05) is 0 Å². The normalized spacial score (nSPS) is 24.3. The molecule has 6 aliphatic rings. The zero-order chi connectivity index (χ0) is 31.8. The van der Waals surface area contributed by atoms with Gasteiger partial charge in [0.25, 0.3) is 0 Å². The fourth-order valence-electron chi connectivity index (χ4n) is 8.95. The Morgan fingerprint density at radius 2 is 1.38 bits per heavy atom. The van der Waals surface area contributed by atoms with Crippen LogP contribution < -0.4 is 24.8 Å². The Hall–Kier alpha value is -1.53. The average Bonchev–Trinajstić information content (AvgIpc) is 3.66. The first kappa shape index (κ1) is 38.3. The summed E-state index contributed by atoms with van der Waals surface area (Å²) in [6.45, 7) is 13.6. The summed E-state index contributed by atoms with van der Waals surface area (Å²) in [6, 6.07) is 25.6. The number of fused-ring (bicyclic) bond motifs is 3. The molecule has 0 aromatic heterocycles. The molecule has 0 amide bonds. The van der Waals surface area contributed by atoms with Crippen LogP contribution in [0.3, 0.4) is 0 Å². The van der Waals surface area contributed by atoms with E-state index in [0.29, 0.717) is 5.41 Å². The molecule has 248 valence electrons. The second-order valence-electron chi connectivity index (χ2n) is 16.6. The van der Waals surface area contributed by atoms with Crippen LogP contribution in [0.1, 0.15) is 114 Å². The molecule has 3 aromatic rings. The van der Waals surface area contributed by atoms with Crippen LogP contribution in [0.4, 0.5) is 0 Å². The molecule has 47 heavy (non-hydrogen) atoms. The first-order valence-electron chi connectivity index (χ1n) is 17.4.